The van der Waals surface area contributed by atoms with E-state index >= 15 is 0 Å². The fourth-order valence-electron chi connectivity index (χ4n) is 4.26. The molecule has 0 spiro atoms. The summed E-state index contributed by atoms with van der Waals surface area (Å²) in [6.45, 7) is 4.08. The van der Waals surface area contributed by atoms with E-state index in [1.165, 1.54) is 0 Å². The first-order valence-electron chi connectivity index (χ1n) is 8.79. The van der Waals surface area contributed by atoms with Crippen molar-refractivity contribution in [3.05, 3.63) is 62.8 Å². The molecule has 26 heavy (non-hydrogen) atoms. The van der Waals surface area contributed by atoms with Gasteiger partial charge in [-0.25, -0.2) is 4.98 Å². The van der Waals surface area contributed by atoms with Crippen LogP contribution in [0.3, 0.4) is 0 Å². The lowest BCUT2D eigenvalue weighted by molar-refractivity contribution is -0.137. The fourth-order valence-corrected chi connectivity index (χ4v) is 4.26. The van der Waals surface area contributed by atoms with E-state index in [0.717, 1.165) is 54.9 Å². The molecule has 1 aliphatic heterocycles. The fraction of sp³-hybridized carbons (Fsp3) is 0.474. The molecule has 0 saturated carbocycles. The highest BCUT2D eigenvalue weighted by atomic mass is 19.4. The van der Waals surface area contributed by atoms with Gasteiger partial charge in [0, 0.05) is 31.1 Å². The van der Waals surface area contributed by atoms with Crippen LogP contribution in [0, 0.1) is 12.8 Å². The van der Waals surface area contributed by atoms with Crippen molar-refractivity contribution in [1.82, 2.24) is 14.9 Å². The number of fused-ring (bicyclic) bond motifs is 3. The van der Waals surface area contributed by atoms with E-state index in [4.69, 9.17) is 0 Å². The zero-order valence-electron chi connectivity index (χ0n) is 14.4. The second-order valence-corrected chi connectivity index (χ2v) is 7.31. The maximum atomic E-state index is 12.7. The number of halogens is 3. The molecule has 0 bridgehead atoms. The molecule has 1 aliphatic carbocycles. The number of benzene rings is 1. The highest BCUT2D eigenvalue weighted by Crippen LogP contribution is 2.40. The Morgan fingerprint density at radius 1 is 1.23 bits per heavy atom. The van der Waals surface area contributed by atoms with Crippen LogP contribution in [0.2, 0.25) is 0 Å². The van der Waals surface area contributed by atoms with Crippen molar-refractivity contribution in [1.29, 1.82) is 0 Å². The lowest BCUT2D eigenvalue weighted by Crippen LogP contribution is -2.28. The minimum absolute atomic E-state index is 0.0351. The number of rotatable bonds is 2. The first-order valence-corrected chi connectivity index (χ1v) is 8.79. The summed E-state index contributed by atoms with van der Waals surface area (Å²) in [5.74, 6) is 1.32. The summed E-state index contributed by atoms with van der Waals surface area (Å²) < 4.78 is 38.1. The summed E-state index contributed by atoms with van der Waals surface area (Å²) in [6.07, 6.45) is -2.61. The number of aromatic nitrogens is 2. The molecule has 1 fully saturated rings. The van der Waals surface area contributed by atoms with E-state index in [0.29, 0.717) is 18.3 Å². The van der Waals surface area contributed by atoms with E-state index in [2.05, 4.69) is 14.9 Å². The molecule has 1 N–H and O–H groups in total. The minimum Gasteiger partial charge on any atom is -0.311 e. The van der Waals surface area contributed by atoms with Gasteiger partial charge in [-0.1, -0.05) is 12.1 Å². The van der Waals surface area contributed by atoms with Gasteiger partial charge in [0.2, 0.25) is 0 Å². The van der Waals surface area contributed by atoms with Gasteiger partial charge in [0.1, 0.15) is 5.82 Å². The highest BCUT2D eigenvalue weighted by Gasteiger charge is 2.39. The average molecular weight is 363 g/mol. The van der Waals surface area contributed by atoms with E-state index < -0.39 is 11.7 Å². The van der Waals surface area contributed by atoms with Crippen molar-refractivity contribution in [2.45, 2.75) is 38.4 Å². The van der Waals surface area contributed by atoms with E-state index in [1.807, 2.05) is 0 Å². The minimum atomic E-state index is -4.30. The first kappa shape index (κ1) is 17.3. The van der Waals surface area contributed by atoms with E-state index in [9.17, 15) is 18.0 Å². The van der Waals surface area contributed by atoms with Crippen molar-refractivity contribution in [2.24, 2.45) is 5.92 Å². The van der Waals surface area contributed by atoms with Gasteiger partial charge in [0.05, 0.1) is 11.3 Å². The van der Waals surface area contributed by atoms with Crippen LogP contribution in [0.1, 0.15) is 40.5 Å². The molecular weight excluding hydrogens is 343 g/mol. The molecule has 0 amide bonds. The third kappa shape index (κ3) is 3.16. The van der Waals surface area contributed by atoms with Gasteiger partial charge in [0.15, 0.2) is 0 Å². The Hall–Kier alpha value is -2.15. The molecule has 2 aliphatic rings. The molecule has 0 radical (unpaired) electrons. The number of hydrogen-bond acceptors (Lipinski definition) is 3. The zero-order valence-corrected chi connectivity index (χ0v) is 14.4. The van der Waals surface area contributed by atoms with Crippen LogP contribution in [0.25, 0.3) is 0 Å². The number of aryl methyl sites for hydroxylation is 1. The van der Waals surface area contributed by atoms with Crippen molar-refractivity contribution in [3.8, 4) is 0 Å². The van der Waals surface area contributed by atoms with Gasteiger partial charge < -0.3 is 4.98 Å². The second kappa shape index (κ2) is 6.23. The van der Waals surface area contributed by atoms with Crippen LogP contribution in [0.15, 0.2) is 29.1 Å². The highest BCUT2D eigenvalue weighted by molar-refractivity contribution is 5.29. The number of nitrogens with one attached hydrogen (secondary N) is 1. The summed E-state index contributed by atoms with van der Waals surface area (Å²) in [5, 5.41) is 0. The molecule has 2 atom stereocenters. The monoisotopic (exact) mass is 363 g/mol. The molecule has 4 rings (SSSR count). The maximum Gasteiger partial charge on any atom is 0.416 e. The third-order valence-corrected chi connectivity index (χ3v) is 5.49. The predicted octanol–water partition coefficient (Wildman–Crippen LogP) is 3.26. The van der Waals surface area contributed by atoms with E-state index in [1.54, 1.807) is 19.1 Å². The Labute approximate surface area is 149 Å². The van der Waals surface area contributed by atoms with Crippen LogP contribution in [-0.2, 0) is 19.1 Å². The van der Waals surface area contributed by atoms with Gasteiger partial charge in [-0.05, 0) is 43.4 Å². The summed E-state index contributed by atoms with van der Waals surface area (Å²) >= 11 is 0. The Balaban J connectivity index is 1.51. The van der Waals surface area contributed by atoms with Crippen molar-refractivity contribution in [3.63, 3.8) is 0 Å². The molecule has 2 heterocycles. The summed E-state index contributed by atoms with van der Waals surface area (Å²) in [7, 11) is 0. The van der Waals surface area contributed by atoms with Crippen LogP contribution in [0.5, 0.6) is 0 Å². The SMILES string of the molecule is Cc1nc2c(c(=O)[nH]1)CC[C@@H]1CN(Cc3ccc(C(F)(F)F)cc3)C[C@H]21. The molecule has 1 aromatic heterocycles. The zero-order chi connectivity index (χ0) is 18.5. The normalized spacial score (nSPS) is 22.9. The van der Waals surface area contributed by atoms with Crippen LogP contribution < -0.4 is 5.56 Å². The van der Waals surface area contributed by atoms with Crippen LogP contribution >= 0.6 is 0 Å². The lowest BCUT2D eigenvalue weighted by Gasteiger charge is -2.25. The Kier molecular flexibility index (Phi) is 4.14. The van der Waals surface area contributed by atoms with Gasteiger partial charge in [-0.2, -0.15) is 13.2 Å². The largest absolute Gasteiger partial charge is 0.416 e. The molecule has 4 nitrogen and oxygen atoms in total. The number of H-pyrrole nitrogens is 1. The third-order valence-electron chi connectivity index (χ3n) is 5.49. The summed E-state index contributed by atoms with van der Waals surface area (Å²) in [4.78, 5) is 21.8. The smallest absolute Gasteiger partial charge is 0.311 e. The molecule has 7 heteroatoms. The van der Waals surface area contributed by atoms with Gasteiger partial charge in [-0.3, -0.25) is 9.69 Å². The van der Waals surface area contributed by atoms with Crippen LogP contribution in [0.4, 0.5) is 13.2 Å². The molecule has 1 aromatic carbocycles. The number of likely N-dealkylation sites (tertiary alicyclic amines) is 1. The molecule has 1 saturated heterocycles. The number of aromatic amines is 1. The Bertz CT molecular complexity index is 873. The average Bonchev–Trinajstić information content (AvgIpc) is 2.97. The molecular formula is C19H20F3N3O. The van der Waals surface area contributed by atoms with Gasteiger partial charge in [0.25, 0.3) is 5.56 Å². The maximum absolute atomic E-state index is 12.7. The second-order valence-electron chi connectivity index (χ2n) is 7.31. The summed E-state index contributed by atoms with van der Waals surface area (Å²) in [5.41, 5.74) is 1.92. The van der Waals surface area contributed by atoms with Gasteiger partial charge >= 0.3 is 6.18 Å². The molecule has 0 unspecified atom stereocenters. The standard InChI is InChI=1S/C19H20F3N3O/c1-11-23-17-15(18(26)24-11)7-4-13-9-25(10-16(13)17)8-12-2-5-14(6-3-12)19(20,21)22/h2-3,5-6,13,16H,4,7-10H2,1H3,(H,23,24,26)/t13-,16+/m1/s1. The number of nitrogens with zero attached hydrogens (tertiary/aromatic N) is 2. The molecule has 2 aromatic rings. The lowest BCUT2D eigenvalue weighted by atomic mass is 9.80. The molecule has 138 valence electrons. The topological polar surface area (TPSA) is 49.0 Å². The van der Waals surface area contributed by atoms with Crippen molar-refractivity contribution >= 4 is 0 Å². The van der Waals surface area contributed by atoms with Crippen molar-refractivity contribution in [2.75, 3.05) is 13.1 Å². The summed E-state index contributed by atoms with van der Waals surface area (Å²) in [6, 6.07) is 5.37. The number of alkyl halides is 3. The first-order chi connectivity index (χ1) is 12.3. The van der Waals surface area contributed by atoms with Gasteiger partial charge in [-0.15, -0.1) is 0 Å². The van der Waals surface area contributed by atoms with Crippen molar-refractivity contribution < 1.29 is 13.2 Å². The van der Waals surface area contributed by atoms with Crippen LogP contribution in [-0.4, -0.2) is 28.0 Å². The quantitative estimate of drug-likeness (QED) is 0.891. The predicted molar refractivity (Wildman–Crippen MR) is 90.9 cm³/mol. The number of hydrogen-bond donors (Lipinski definition) is 1. The van der Waals surface area contributed by atoms with E-state index in [-0.39, 0.29) is 11.5 Å². The Morgan fingerprint density at radius 2 is 1.96 bits per heavy atom. The Morgan fingerprint density at radius 3 is 2.65 bits per heavy atom.